The van der Waals surface area contributed by atoms with E-state index >= 15 is 0 Å². The molecular weight excluding hydrogens is 858 g/mol. The third-order valence-electron chi connectivity index (χ3n) is 12.9. The fourth-order valence-corrected chi connectivity index (χ4v) is 41.7. The van der Waals surface area contributed by atoms with Crippen LogP contribution in [0.25, 0.3) is 0 Å². The van der Waals surface area contributed by atoms with Crippen molar-refractivity contribution in [1.29, 1.82) is 0 Å². The number of hydrogen-bond acceptors (Lipinski definition) is 0. The summed E-state index contributed by atoms with van der Waals surface area (Å²) in [7, 11) is 13.9. The summed E-state index contributed by atoms with van der Waals surface area (Å²) in [6.07, 6.45) is 25.6. The van der Waals surface area contributed by atoms with E-state index in [4.69, 9.17) is 17.2 Å². The minimum atomic E-state index is -4.45. The molecule has 5 aliphatic rings. The van der Waals surface area contributed by atoms with Gasteiger partial charge in [0.25, 0.3) is 0 Å². The van der Waals surface area contributed by atoms with Crippen LogP contribution in [0, 0.1) is 27.7 Å². The fourth-order valence-electron chi connectivity index (χ4n) is 11.5. The molecule has 0 radical (unpaired) electrons. The third-order valence-corrected chi connectivity index (χ3v) is 42.3. The molecule has 1 aliphatic heterocycles. The number of hydrogen-bond donors (Lipinski definition) is 0. The van der Waals surface area contributed by atoms with Gasteiger partial charge in [-0.25, -0.2) is 0 Å². The first kappa shape index (κ1) is 37.6. The zero-order valence-corrected chi connectivity index (χ0v) is 40.0. The Kier molecular flexibility index (Phi) is 9.32. The summed E-state index contributed by atoms with van der Waals surface area (Å²) in [5.41, 5.74) is 16.9. The Hall–Kier alpha value is -1.76. The molecule has 4 unspecified atom stereocenters. The van der Waals surface area contributed by atoms with E-state index in [-0.39, 0.29) is 18.2 Å². The van der Waals surface area contributed by atoms with Crippen LogP contribution in [0.15, 0.2) is 118 Å². The van der Waals surface area contributed by atoms with Gasteiger partial charge < -0.3 is 0 Å². The van der Waals surface area contributed by atoms with Gasteiger partial charge in [-0.15, -0.1) is 0 Å². The van der Waals surface area contributed by atoms with Crippen LogP contribution < -0.4 is 10.4 Å². The SMILES string of the molecule is CC1=CC2=C(C=CC=CC2c2cc(C)c([Si](C)(C)C)c(C)c2)[C]12CC[C]1(C(C)=CC3=C1C=CC=CC3c1cc(C)c([Si](C)(C)C)c(C)c1)[Hf]2([Cl])[Cl]. The van der Waals surface area contributed by atoms with Gasteiger partial charge in [0.05, 0.1) is 0 Å². The Bertz CT molecular complexity index is 1920. The van der Waals surface area contributed by atoms with Gasteiger partial charge in [0.1, 0.15) is 0 Å². The number of benzene rings is 2. The Morgan fingerprint density at radius 1 is 0.549 bits per heavy atom. The van der Waals surface area contributed by atoms with Crippen LogP contribution in [-0.2, 0) is 17.6 Å². The maximum absolute atomic E-state index is 8.40. The summed E-state index contributed by atoms with van der Waals surface area (Å²) in [6.45, 7) is 28.7. The fraction of sp³-hybridized carbons (Fsp3) is 0.391. The van der Waals surface area contributed by atoms with Crippen LogP contribution >= 0.6 is 17.2 Å². The topological polar surface area (TPSA) is 0 Å². The molecule has 0 N–H and O–H groups in total. The van der Waals surface area contributed by atoms with Crippen molar-refractivity contribution in [2.75, 3.05) is 0 Å². The number of rotatable bonds is 4. The second kappa shape index (κ2) is 12.7. The van der Waals surface area contributed by atoms with Crippen LogP contribution in [0.3, 0.4) is 0 Å². The van der Waals surface area contributed by atoms with Gasteiger partial charge in [0.2, 0.25) is 0 Å². The van der Waals surface area contributed by atoms with Crippen molar-refractivity contribution in [3.8, 4) is 0 Å². The van der Waals surface area contributed by atoms with Crippen molar-refractivity contribution in [3.63, 3.8) is 0 Å². The molecule has 0 saturated carbocycles. The summed E-state index contributed by atoms with van der Waals surface area (Å²) in [5, 5.41) is 3.19. The Morgan fingerprint density at radius 3 is 1.20 bits per heavy atom. The van der Waals surface area contributed by atoms with Crippen molar-refractivity contribution >= 4 is 43.7 Å². The molecule has 51 heavy (non-hydrogen) atoms. The van der Waals surface area contributed by atoms with E-state index in [2.05, 4.69) is 166 Å². The van der Waals surface area contributed by atoms with Gasteiger partial charge in [-0.2, -0.15) is 0 Å². The molecule has 0 nitrogen and oxygen atoms in total. The van der Waals surface area contributed by atoms with Gasteiger partial charge in [-0.3, -0.25) is 0 Å². The molecule has 2 aromatic carbocycles. The molecule has 7 rings (SSSR count). The molecule has 2 spiro atoms. The number of allylic oxidation sites excluding steroid dienone is 16. The molecule has 0 bridgehead atoms. The standard InChI is InChI=1S/C46H56Si2.2ClH.Hf/c1-29-27-43-39(35-23-31(3)45(32(4)24-35)47(7,8)9)17-13-15-19-41(43)37(29)21-22-38-30(2)28-44-40(18-14-16-20-42(38)44)36-25-33(5)46(34(6)26-36)48(10,11)12;;;/h13-20,23-28,39-40H,21-22H2,1-12H3;2*1H;/q;;;+2/p-2. The zero-order valence-electron chi connectivity index (χ0n) is 32.9. The van der Waals surface area contributed by atoms with Crippen molar-refractivity contribution in [3.05, 3.63) is 152 Å². The van der Waals surface area contributed by atoms with E-state index in [1.807, 2.05) is 0 Å². The van der Waals surface area contributed by atoms with E-state index in [1.165, 1.54) is 66.8 Å². The van der Waals surface area contributed by atoms with Crippen molar-refractivity contribution in [2.24, 2.45) is 0 Å². The predicted octanol–water partition coefficient (Wildman–Crippen LogP) is 13.2. The summed E-state index contributed by atoms with van der Waals surface area (Å²) in [4.78, 5) is 0. The monoisotopic (exact) mass is 914 g/mol. The number of fused-ring (bicyclic) bond motifs is 2. The van der Waals surface area contributed by atoms with Crippen LogP contribution in [0.1, 0.15) is 71.9 Å². The van der Waals surface area contributed by atoms with E-state index in [0.29, 0.717) is 0 Å². The van der Waals surface area contributed by atoms with Crippen LogP contribution in [0.5, 0.6) is 0 Å². The summed E-state index contributed by atoms with van der Waals surface area (Å²) in [6, 6.07) is 9.88. The summed E-state index contributed by atoms with van der Waals surface area (Å²) < 4.78 is -0.553. The van der Waals surface area contributed by atoms with Gasteiger partial charge in [0, 0.05) is 0 Å². The first-order valence-electron chi connectivity index (χ1n) is 18.9. The molecule has 4 aliphatic carbocycles. The average molecular weight is 915 g/mol. The van der Waals surface area contributed by atoms with Crippen LogP contribution in [-0.4, -0.2) is 16.1 Å². The molecule has 0 amide bonds. The van der Waals surface area contributed by atoms with E-state index in [9.17, 15) is 0 Å². The summed E-state index contributed by atoms with van der Waals surface area (Å²) >= 11 is -4.45. The average Bonchev–Trinajstić information content (AvgIpc) is 3.36. The number of halogens is 2. The molecule has 1 fully saturated rings. The molecule has 2 aromatic rings. The maximum atomic E-state index is 8.40. The second-order valence-electron chi connectivity index (χ2n) is 18.3. The molecule has 1 saturated heterocycles. The van der Waals surface area contributed by atoms with Gasteiger partial charge >= 0.3 is 325 Å². The minimum absolute atomic E-state index is 0.179. The first-order chi connectivity index (χ1) is 23.8. The zero-order chi connectivity index (χ0) is 37.1. The molecule has 0 aromatic heterocycles. The molecule has 266 valence electrons. The van der Waals surface area contributed by atoms with Gasteiger partial charge in [0.15, 0.2) is 0 Å². The predicted molar refractivity (Wildman–Crippen MR) is 228 cm³/mol. The van der Waals surface area contributed by atoms with Crippen LogP contribution in [0.4, 0.5) is 0 Å². The van der Waals surface area contributed by atoms with Crippen molar-refractivity contribution in [2.45, 2.75) is 112 Å². The van der Waals surface area contributed by atoms with E-state index < -0.39 is 33.8 Å². The second-order valence-corrected chi connectivity index (χ2v) is 49.4. The third kappa shape index (κ3) is 5.48. The van der Waals surface area contributed by atoms with Crippen molar-refractivity contribution in [1.82, 2.24) is 0 Å². The van der Waals surface area contributed by atoms with E-state index in [1.54, 1.807) is 10.4 Å². The normalized spacial score (nSPS) is 28.1. The van der Waals surface area contributed by atoms with Gasteiger partial charge in [-0.05, 0) is 0 Å². The molecule has 1 heterocycles. The first-order valence-corrected chi connectivity index (χ1v) is 38.4. The van der Waals surface area contributed by atoms with Crippen LogP contribution in [0.2, 0.25) is 45.6 Å². The van der Waals surface area contributed by atoms with Gasteiger partial charge in [-0.1, -0.05) is 0 Å². The molecule has 5 heteroatoms. The Morgan fingerprint density at radius 2 is 0.882 bits per heavy atom. The molecular formula is C46H56Cl2HfSi2. The Balaban J connectivity index is 1.36. The van der Waals surface area contributed by atoms with E-state index in [0.717, 1.165) is 12.8 Å². The number of aryl methyl sites for hydroxylation is 4. The molecule has 4 atom stereocenters. The quantitative estimate of drug-likeness (QED) is 0.268. The summed E-state index contributed by atoms with van der Waals surface area (Å²) in [5.74, 6) is 0.358. The van der Waals surface area contributed by atoms with Crippen molar-refractivity contribution < 1.29 is 17.6 Å². The Labute approximate surface area is 322 Å².